The van der Waals surface area contributed by atoms with E-state index in [1.54, 1.807) is 15.8 Å². The predicted molar refractivity (Wildman–Crippen MR) is 182 cm³/mol. The number of amides is 1. The molecule has 0 saturated carbocycles. The van der Waals surface area contributed by atoms with Crippen LogP contribution in [0.3, 0.4) is 0 Å². The Hall–Kier alpha value is -4.90. The lowest BCUT2D eigenvalue weighted by Gasteiger charge is -2.29. The number of ether oxygens (including phenoxy) is 1. The molecule has 46 heavy (non-hydrogen) atoms. The number of anilines is 3. The summed E-state index contributed by atoms with van der Waals surface area (Å²) in [4.78, 5) is 40.0. The summed E-state index contributed by atoms with van der Waals surface area (Å²) in [6.45, 7) is 7.15. The van der Waals surface area contributed by atoms with Gasteiger partial charge in [0.25, 0.3) is 11.5 Å². The SMILES string of the molecule is C/C=C\Cn1c(=O)c2cnc(Nc3ccc4c(C5CCN(C)CC5)cn(C)c4c3)nc2n1-c1ccc2c(c1)N(CCC)C(=O)CO2. The van der Waals surface area contributed by atoms with E-state index in [9.17, 15) is 9.59 Å². The fraction of sp³-hybridized carbons (Fsp3) is 0.371. The molecule has 238 valence electrons. The summed E-state index contributed by atoms with van der Waals surface area (Å²) < 4.78 is 11.4. The third-order valence-corrected chi connectivity index (χ3v) is 9.20. The van der Waals surface area contributed by atoms with Gasteiger partial charge in [-0.3, -0.25) is 9.59 Å². The lowest BCUT2D eigenvalue weighted by Crippen LogP contribution is -2.39. The molecule has 1 amide bonds. The first-order valence-electron chi connectivity index (χ1n) is 16.1. The van der Waals surface area contributed by atoms with Crippen LogP contribution >= 0.6 is 0 Å². The molecule has 0 spiro atoms. The van der Waals surface area contributed by atoms with Gasteiger partial charge in [0.15, 0.2) is 12.3 Å². The van der Waals surface area contributed by atoms with E-state index >= 15 is 0 Å². The van der Waals surface area contributed by atoms with E-state index in [0.717, 1.165) is 30.7 Å². The van der Waals surface area contributed by atoms with E-state index in [1.165, 1.54) is 23.8 Å². The first kappa shape index (κ1) is 29.8. The van der Waals surface area contributed by atoms with Crippen molar-refractivity contribution in [3.05, 3.63) is 76.9 Å². The molecule has 7 rings (SSSR count). The average molecular weight is 621 g/mol. The molecule has 0 aliphatic carbocycles. The molecule has 1 saturated heterocycles. The van der Waals surface area contributed by atoms with Crippen LogP contribution in [0, 0.1) is 0 Å². The van der Waals surface area contributed by atoms with Crippen molar-refractivity contribution in [1.82, 2.24) is 28.8 Å². The molecular weight excluding hydrogens is 580 g/mol. The summed E-state index contributed by atoms with van der Waals surface area (Å²) in [5, 5.41) is 5.07. The zero-order chi connectivity index (χ0) is 31.9. The number of hydrogen-bond donors (Lipinski definition) is 1. The van der Waals surface area contributed by atoms with Crippen molar-refractivity contribution in [1.29, 1.82) is 0 Å². The van der Waals surface area contributed by atoms with Crippen LogP contribution in [0.5, 0.6) is 5.75 Å². The number of carbonyl (C=O) groups is 1. The second-order valence-corrected chi connectivity index (χ2v) is 12.3. The van der Waals surface area contributed by atoms with E-state index in [4.69, 9.17) is 9.72 Å². The standard InChI is InChI=1S/C35H40N8O3/c1-5-7-15-42-34(45)27-20-36-35(37-24-8-10-26-28(21-40(4)29(26)18-24)23-12-16-39(3)17-13-23)38-33(27)43(42)25-9-11-31-30(19-25)41(14-6-2)32(44)22-46-31/h5,7-11,18-21,23H,6,12-17,22H2,1-4H3,(H,36,37,38)/b7-5-. The van der Waals surface area contributed by atoms with Crippen LogP contribution in [0.2, 0.25) is 0 Å². The van der Waals surface area contributed by atoms with Crippen LogP contribution in [0.4, 0.5) is 17.3 Å². The lowest BCUT2D eigenvalue weighted by molar-refractivity contribution is -0.121. The summed E-state index contributed by atoms with van der Waals surface area (Å²) >= 11 is 0. The smallest absolute Gasteiger partial charge is 0.278 e. The van der Waals surface area contributed by atoms with Crippen molar-refractivity contribution in [3.8, 4) is 11.4 Å². The monoisotopic (exact) mass is 620 g/mol. The Labute approximate surface area is 267 Å². The number of nitrogens with zero attached hydrogens (tertiary/aromatic N) is 7. The number of allylic oxidation sites excluding steroid dienone is 2. The maximum absolute atomic E-state index is 13.7. The molecular formula is C35H40N8O3. The Kier molecular flexibility index (Phi) is 7.85. The Balaban J connectivity index is 1.28. The van der Waals surface area contributed by atoms with E-state index in [-0.39, 0.29) is 18.1 Å². The second-order valence-electron chi connectivity index (χ2n) is 12.3. The molecule has 3 aromatic heterocycles. The maximum Gasteiger partial charge on any atom is 0.278 e. The van der Waals surface area contributed by atoms with Crippen LogP contribution < -0.4 is 20.5 Å². The van der Waals surface area contributed by atoms with Gasteiger partial charge in [-0.05, 0) is 88.1 Å². The summed E-state index contributed by atoms with van der Waals surface area (Å²) in [5.41, 5.74) is 5.09. The zero-order valence-electron chi connectivity index (χ0n) is 26.9. The predicted octanol–water partition coefficient (Wildman–Crippen LogP) is 5.34. The number of piperidine rings is 1. The van der Waals surface area contributed by atoms with Gasteiger partial charge in [0, 0.05) is 37.1 Å². The van der Waals surface area contributed by atoms with Crippen molar-refractivity contribution < 1.29 is 9.53 Å². The van der Waals surface area contributed by atoms with Crippen LogP contribution in [-0.2, 0) is 18.4 Å². The van der Waals surface area contributed by atoms with Crippen LogP contribution in [-0.4, -0.2) is 68.0 Å². The van der Waals surface area contributed by atoms with E-state index in [2.05, 4.69) is 58.3 Å². The second kappa shape index (κ2) is 12.1. The lowest BCUT2D eigenvalue weighted by atomic mass is 9.89. The van der Waals surface area contributed by atoms with E-state index in [1.807, 2.05) is 48.9 Å². The quantitative estimate of drug-likeness (QED) is 0.234. The number of rotatable bonds is 8. The number of fused-ring (bicyclic) bond motifs is 3. The fourth-order valence-electron chi connectivity index (χ4n) is 6.78. The van der Waals surface area contributed by atoms with Crippen LogP contribution in [0.1, 0.15) is 44.6 Å². The molecule has 0 radical (unpaired) electrons. The summed E-state index contributed by atoms with van der Waals surface area (Å²) in [5.74, 6) is 1.51. The molecule has 0 unspecified atom stereocenters. The van der Waals surface area contributed by atoms with Gasteiger partial charge in [0.1, 0.15) is 11.1 Å². The van der Waals surface area contributed by atoms with Crippen molar-refractivity contribution in [2.45, 2.75) is 45.6 Å². The normalized spacial score (nSPS) is 16.1. The van der Waals surface area contributed by atoms with E-state index < -0.39 is 0 Å². The molecule has 1 fully saturated rings. The first-order chi connectivity index (χ1) is 22.4. The van der Waals surface area contributed by atoms with Crippen molar-refractivity contribution in [3.63, 3.8) is 0 Å². The van der Waals surface area contributed by atoms with Crippen molar-refractivity contribution >= 4 is 45.2 Å². The third-order valence-electron chi connectivity index (χ3n) is 9.20. The summed E-state index contributed by atoms with van der Waals surface area (Å²) in [7, 11) is 4.29. The number of carbonyl (C=O) groups excluding carboxylic acids is 1. The highest BCUT2D eigenvalue weighted by Crippen LogP contribution is 2.36. The highest BCUT2D eigenvalue weighted by Gasteiger charge is 2.27. The molecule has 2 aromatic carbocycles. The molecule has 5 heterocycles. The van der Waals surface area contributed by atoms with Gasteiger partial charge in [-0.1, -0.05) is 25.1 Å². The molecule has 2 aliphatic heterocycles. The van der Waals surface area contributed by atoms with Gasteiger partial charge in [-0.2, -0.15) is 4.98 Å². The largest absolute Gasteiger partial charge is 0.482 e. The molecule has 1 N–H and O–H groups in total. The minimum atomic E-state index is -0.193. The highest BCUT2D eigenvalue weighted by molar-refractivity contribution is 5.98. The molecule has 0 bridgehead atoms. The van der Waals surface area contributed by atoms with Crippen LogP contribution in [0.25, 0.3) is 27.6 Å². The summed E-state index contributed by atoms with van der Waals surface area (Å²) in [6.07, 6.45) is 10.8. The number of hydrogen-bond acceptors (Lipinski definition) is 7. The molecule has 5 aromatic rings. The van der Waals surface area contributed by atoms with Gasteiger partial charge in [0.05, 0.1) is 23.4 Å². The zero-order valence-corrected chi connectivity index (χ0v) is 26.9. The summed E-state index contributed by atoms with van der Waals surface area (Å²) in [6, 6.07) is 12.0. The minimum Gasteiger partial charge on any atom is -0.482 e. The van der Waals surface area contributed by atoms with Crippen LogP contribution in [0.15, 0.2) is 65.7 Å². The van der Waals surface area contributed by atoms with Gasteiger partial charge in [-0.25, -0.2) is 14.3 Å². The number of nitrogens with one attached hydrogen (secondary N) is 1. The Morgan fingerprint density at radius 2 is 1.89 bits per heavy atom. The molecule has 11 heteroatoms. The number of likely N-dealkylation sites (tertiary alicyclic amines) is 1. The Morgan fingerprint density at radius 1 is 1.07 bits per heavy atom. The minimum absolute atomic E-state index is 0.0150. The number of aryl methyl sites for hydroxylation is 1. The van der Waals surface area contributed by atoms with Crippen molar-refractivity contribution in [2.75, 3.05) is 43.5 Å². The first-order valence-corrected chi connectivity index (χ1v) is 16.1. The van der Waals surface area contributed by atoms with E-state index in [0.29, 0.717) is 53.1 Å². The number of aromatic nitrogens is 5. The van der Waals surface area contributed by atoms with Gasteiger partial charge >= 0.3 is 0 Å². The van der Waals surface area contributed by atoms with Crippen molar-refractivity contribution in [2.24, 2.45) is 7.05 Å². The highest BCUT2D eigenvalue weighted by atomic mass is 16.5. The molecule has 0 atom stereocenters. The average Bonchev–Trinajstić information content (AvgIpc) is 3.54. The fourth-order valence-corrected chi connectivity index (χ4v) is 6.78. The third kappa shape index (κ3) is 5.24. The van der Waals surface area contributed by atoms with Gasteiger partial charge in [0.2, 0.25) is 5.95 Å². The van der Waals surface area contributed by atoms with Gasteiger partial charge < -0.3 is 24.4 Å². The molecule has 2 aliphatic rings. The Bertz CT molecular complexity index is 2030. The topological polar surface area (TPSA) is 102 Å². The number of benzene rings is 2. The Morgan fingerprint density at radius 3 is 2.67 bits per heavy atom. The maximum atomic E-state index is 13.7. The molecule has 11 nitrogen and oxygen atoms in total. The van der Waals surface area contributed by atoms with Gasteiger partial charge in [-0.15, -0.1) is 0 Å².